The zero-order chi connectivity index (χ0) is 23.8. The van der Waals surface area contributed by atoms with E-state index in [1.165, 1.54) is 116 Å². The van der Waals surface area contributed by atoms with E-state index in [-0.39, 0.29) is 51.4 Å². The second kappa shape index (κ2) is 27.3. The molecule has 0 aliphatic rings. The molecule has 33 heavy (non-hydrogen) atoms. The van der Waals surface area contributed by atoms with E-state index in [1.54, 1.807) is 6.08 Å². The number of carboxylic acids is 1. The third-order valence-electron chi connectivity index (χ3n) is 5.92. The van der Waals surface area contributed by atoms with Gasteiger partial charge in [0.2, 0.25) is 10.0 Å². The molecular formula is C26H50KNO4S. The standard InChI is InChI=1S/C26H51NO4S.K/c1-2-3-4-5-6-7-8-9-10-11-12-13-14-15-16-17-18-19-20-21-22-23-24-32(30,31)27-25-26(28)29;/h23-24,27H,2-22,25H2,1H3,(H,28,29);/q;+1/p-1/b24-23+;. The largest absolute Gasteiger partial charge is 1.00 e. The Balaban J connectivity index is 0. The molecule has 0 heterocycles. The van der Waals surface area contributed by atoms with Crippen LogP contribution < -0.4 is 61.2 Å². The van der Waals surface area contributed by atoms with Gasteiger partial charge >= 0.3 is 51.4 Å². The van der Waals surface area contributed by atoms with Crippen molar-refractivity contribution in [3.05, 3.63) is 11.5 Å². The number of carbonyl (C=O) groups excluding carboxylic acids is 1. The van der Waals surface area contributed by atoms with Gasteiger partial charge < -0.3 is 9.90 Å². The first-order chi connectivity index (χ1) is 15.5. The molecule has 0 rings (SSSR count). The molecule has 0 amide bonds. The van der Waals surface area contributed by atoms with Gasteiger partial charge in [0.25, 0.3) is 0 Å². The van der Waals surface area contributed by atoms with E-state index in [2.05, 4.69) is 6.92 Å². The summed E-state index contributed by atoms with van der Waals surface area (Å²) in [5.74, 6) is -1.43. The van der Waals surface area contributed by atoms with Crippen molar-refractivity contribution in [2.75, 3.05) is 6.54 Å². The summed E-state index contributed by atoms with van der Waals surface area (Å²) in [6.07, 6.45) is 29.2. The molecule has 0 saturated carbocycles. The van der Waals surface area contributed by atoms with E-state index in [4.69, 9.17) is 0 Å². The van der Waals surface area contributed by atoms with Crippen LogP contribution in [0.4, 0.5) is 0 Å². The van der Waals surface area contributed by atoms with Gasteiger partial charge in [0.05, 0.1) is 12.5 Å². The number of nitrogens with one attached hydrogen (secondary N) is 1. The van der Waals surface area contributed by atoms with Crippen LogP contribution in [0.1, 0.15) is 142 Å². The fraction of sp³-hybridized carbons (Fsp3) is 0.885. The summed E-state index contributed by atoms with van der Waals surface area (Å²) in [7, 11) is -3.65. The molecule has 0 aliphatic carbocycles. The predicted molar refractivity (Wildman–Crippen MR) is 134 cm³/mol. The van der Waals surface area contributed by atoms with Gasteiger partial charge in [-0.05, 0) is 12.8 Å². The Morgan fingerprint density at radius 3 is 1.33 bits per heavy atom. The molecule has 0 saturated heterocycles. The van der Waals surface area contributed by atoms with Crippen LogP contribution in [-0.2, 0) is 14.8 Å². The fourth-order valence-electron chi connectivity index (χ4n) is 3.92. The summed E-state index contributed by atoms with van der Waals surface area (Å²) in [6, 6.07) is 0. The van der Waals surface area contributed by atoms with Crippen molar-refractivity contribution in [1.29, 1.82) is 0 Å². The van der Waals surface area contributed by atoms with E-state index in [0.29, 0.717) is 6.42 Å². The van der Waals surface area contributed by atoms with E-state index >= 15 is 0 Å². The van der Waals surface area contributed by atoms with Gasteiger partial charge in [0.15, 0.2) is 0 Å². The monoisotopic (exact) mass is 511 g/mol. The maximum absolute atomic E-state index is 11.5. The molecule has 1 N–H and O–H groups in total. The van der Waals surface area contributed by atoms with Gasteiger partial charge in [-0.25, -0.2) is 13.1 Å². The summed E-state index contributed by atoms with van der Waals surface area (Å²) >= 11 is 0. The number of hydrogen-bond acceptors (Lipinski definition) is 4. The Morgan fingerprint density at radius 1 is 0.667 bits per heavy atom. The molecule has 0 bridgehead atoms. The van der Waals surface area contributed by atoms with Crippen LogP contribution >= 0.6 is 0 Å². The smallest absolute Gasteiger partial charge is 0.549 e. The number of hydrogen-bond donors (Lipinski definition) is 1. The van der Waals surface area contributed by atoms with E-state index in [1.807, 2.05) is 4.72 Å². The normalized spacial score (nSPS) is 11.7. The van der Waals surface area contributed by atoms with Gasteiger partial charge in [-0.2, -0.15) is 0 Å². The first kappa shape index (κ1) is 35.9. The SMILES string of the molecule is CCCCCCCCCCCCCCCCCCCCCC/C=C/S(=O)(=O)NCC(=O)[O-].[K+]. The molecule has 190 valence electrons. The van der Waals surface area contributed by atoms with Crippen molar-refractivity contribution in [2.24, 2.45) is 0 Å². The molecule has 0 unspecified atom stereocenters. The second-order valence-corrected chi connectivity index (χ2v) is 10.8. The minimum Gasteiger partial charge on any atom is -0.549 e. The molecule has 5 nitrogen and oxygen atoms in total. The van der Waals surface area contributed by atoms with Crippen molar-refractivity contribution < 1.29 is 69.7 Å². The summed E-state index contributed by atoms with van der Waals surface area (Å²) in [4.78, 5) is 10.3. The van der Waals surface area contributed by atoms with Gasteiger partial charge in [-0.1, -0.05) is 135 Å². The van der Waals surface area contributed by atoms with Crippen LogP contribution in [0.3, 0.4) is 0 Å². The summed E-state index contributed by atoms with van der Waals surface area (Å²) in [5.41, 5.74) is 0. The molecule has 0 aromatic carbocycles. The number of carbonyl (C=O) groups is 1. The van der Waals surface area contributed by atoms with Gasteiger partial charge in [0.1, 0.15) is 0 Å². The third kappa shape index (κ3) is 30.7. The Bertz CT molecular complexity index is 552. The van der Waals surface area contributed by atoms with Crippen molar-refractivity contribution >= 4 is 16.0 Å². The first-order valence-corrected chi connectivity index (χ1v) is 14.9. The van der Waals surface area contributed by atoms with Crippen molar-refractivity contribution in [1.82, 2.24) is 4.72 Å². The van der Waals surface area contributed by atoms with Crippen LogP contribution in [0.15, 0.2) is 11.5 Å². The topological polar surface area (TPSA) is 86.3 Å². The zero-order valence-corrected chi connectivity index (χ0v) is 25.7. The van der Waals surface area contributed by atoms with Crippen LogP contribution in [0.5, 0.6) is 0 Å². The van der Waals surface area contributed by atoms with E-state index < -0.39 is 22.5 Å². The summed E-state index contributed by atoms with van der Waals surface area (Å²) in [6.45, 7) is 1.59. The number of sulfonamides is 1. The molecule has 0 atom stereocenters. The van der Waals surface area contributed by atoms with Gasteiger partial charge in [-0.3, -0.25) is 0 Å². The third-order valence-corrected chi connectivity index (χ3v) is 7.01. The summed E-state index contributed by atoms with van der Waals surface area (Å²) in [5, 5.41) is 11.3. The van der Waals surface area contributed by atoms with Crippen LogP contribution in [0.25, 0.3) is 0 Å². The second-order valence-electron chi connectivity index (χ2n) is 9.12. The fourth-order valence-corrected chi connectivity index (χ4v) is 4.72. The quantitative estimate of drug-likeness (QED) is 0.150. The molecular weight excluding hydrogens is 461 g/mol. The Kier molecular flexibility index (Phi) is 29.8. The number of unbranched alkanes of at least 4 members (excludes halogenated alkanes) is 20. The predicted octanol–water partition coefficient (Wildman–Crippen LogP) is 3.39. The summed E-state index contributed by atoms with van der Waals surface area (Å²) < 4.78 is 24.9. The van der Waals surface area contributed by atoms with Crippen LogP contribution in [-0.4, -0.2) is 20.9 Å². The van der Waals surface area contributed by atoms with Crippen LogP contribution in [0, 0.1) is 0 Å². The number of rotatable bonds is 25. The molecule has 0 aromatic heterocycles. The molecule has 0 aromatic rings. The minimum atomic E-state index is -3.65. The number of aliphatic carboxylic acids is 1. The van der Waals surface area contributed by atoms with E-state index in [0.717, 1.165) is 18.2 Å². The average molecular weight is 512 g/mol. The molecule has 7 heteroatoms. The first-order valence-electron chi connectivity index (χ1n) is 13.3. The maximum atomic E-state index is 11.5. The Labute approximate surface area is 247 Å². The number of carboxylic acid groups (broad SMARTS) is 1. The van der Waals surface area contributed by atoms with Gasteiger partial charge in [-0.15, -0.1) is 0 Å². The molecule has 0 aliphatic heterocycles. The van der Waals surface area contributed by atoms with Crippen molar-refractivity contribution in [3.63, 3.8) is 0 Å². The molecule has 0 fully saturated rings. The average Bonchev–Trinajstić information content (AvgIpc) is 2.76. The number of allylic oxidation sites excluding steroid dienone is 1. The Morgan fingerprint density at radius 2 is 1.00 bits per heavy atom. The maximum Gasteiger partial charge on any atom is 1.00 e. The molecule has 0 radical (unpaired) electrons. The van der Waals surface area contributed by atoms with Crippen molar-refractivity contribution in [2.45, 2.75) is 142 Å². The molecule has 0 spiro atoms. The minimum absolute atomic E-state index is 0. The zero-order valence-electron chi connectivity index (χ0n) is 21.8. The van der Waals surface area contributed by atoms with Crippen LogP contribution in [0.2, 0.25) is 0 Å². The Hall–Kier alpha value is 0.756. The van der Waals surface area contributed by atoms with Gasteiger partial charge in [0, 0.05) is 5.41 Å². The van der Waals surface area contributed by atoms with Crippen molar-refractivity contribution in [3.8, 4) is 0 Å². The van der Waals surface area contributed by atoms with E-state index in [9.17, 15) is 18.3 Å².